The van der Waals surface area contributed by atoms with Crippen molar-refractivity contribution in [1.82, 2.24) is 4.57 Å². The first kappa shape index (κ1) is 24.0. The minimum absolute atomic E-state index is 0.0717. The number of esters is 2. The Kier molecular flexibility index (Phi) is 7.50. The van der Waals surface area contributed by atoms with Gasteiger partial charge in [-0.25, -0.2) is 9.59 Å². The van der Waals surface area contributed by atoms with E-state index in [1.54, 1.807) is 9.47 Å². The molecule has 0 spiro atoms. The lowest BCUT2D eigenvalue weighted by atomic mass is 10.1. The predicted octanol–water partition coefficient (Wildman–Crippen LogP) is 4.83. The Balaban J connectivity index is 2.44. The number of hydrogen-bond donors (Lipinski definition) is 0. The second-order valence-electron chi connectivity index (χ2n) is 7.57. The number of methoxy groups -OCH3 is 2. The fourth-order valence-electron chi connectivity index (χ4n) is 3.38. The number of ether oxygens (including phenoxy) is 2. The third kappa shape index (κ3) is 5.06. The monoisotopic (exact) mass is 466 g/mol. The van der Waals surface area contributed by atoms with E-state index in [1.807, 2.05) is 75.4 Å². The number of nitrogens with zero attached hydrogens (tertiary/aromatic N) is 2. The van der Waals surface area contributed by atoms with E-state index in [0.29, 0.717) is 16.4 Å². The Hall–Kier alpha value is -3.65. The number of thiazole rings is 1. The molecule has 172 valence electrons. The molecule has 1 heterocycles. The molecule has 7 nitrogen and oxygen atoms in total. The molecule has 2 aromatic carbocycles. The molecule has 0 bridgehead atoms. The molecular weight excluding hydrogens is 440 g/mol. The first-order chi connectivity index (χ1) is 15.8. The van der Waals surface area contributed by atoms with Crippen LogP contribution in [0.25, 0.3) is 10.4 Å². The van der Waals surface area contributed by atoms with E-state index in [-0.39, 0.29) is 16.6 Å². The van der Waals surface area contributed by atoms with Crippen LogP contribution in [0, 0.1) is 6.92 Å². The van der Waals surface area contributed by atoms with Crippen molar-refractivity contribution < 1.29 is 19.1 Å². The number of aryl methyl sites for hydroxylation is 1. The number of carbonyl (C=O) groups excluding carboxylic acids is 2. The van der Waals surface area contributed by atoms with Gasteiger partial charge in [0.25, 0.3) is 0 Å². The number of benzene rings is 2. The average molecular weight is 467 g/mol. The van der Waals surface area contributed by atoms with Crippen molar-refractivity contribution in [1.29, 1.82) is 0 Å². The summed E-state index contributed by atoms with van der Waals surface area (Å²) in [5.74, 6) is -0.994. The lowest BCUT2D eigenvalue weighted by Gasteiger charge is -2.29. The maximum absolute atomic E-state index is 13.1. The molecule has 3 aromatic rings. The van der Waals surface area contributed by atoms with Crippen molar-refractivity contribution in [3.63, 3.8) is 0 Å². The van der Waals surface area contributed by atoms with E-state index in [1.165, 1.54) is 14.2 Å². The van der Waals surface area contributed by atoms with Gasteiger partial charge in [0.2, 0.25) is 0 Å². The first-order valence-corrected chi connectivity index (χ1v) is 11.2. The quantitative estimate of drug-likeness (QED) is 0.366. The van der Waals surface area contributed by atoms with Crippen LogP contribution in [0.1, 0.15) is 25.5 Å². The molecule has 0 saturated heterocycles. The van der Waals surface area contributed by atoms with Crippen LogP contribution >= 0.6 is 11.3 Å². The van der Waals surface area contributed by atoms with Gasteiger partial charge in [-0.1, -0.05) is 59.4 Å². The zero-order chi connectivity index (χ0) is 24.1. The highest BCUT2D eigenvalue weighted by Crippen LogP contribution is 2.41. The van der Waals surface area contributed by atoms with Gasteiger partial charge >= 0.3 is 16.8 Å². The summed E-state index contributed by atoms with van der Waals surface area (Å²) in [7, 11) is 2.47. The molecule has 33 heavy (non-hydrogen) atoms. The van der Waals surface area contributed by atoms with Gasteiger partial charge in [-0.05, 0) is 38.5 Å². The van der Waals surface area contributed by atoms with Crippen LogP contribution in [-0.4, -0.2) is 30.7 Å². The van der Waals surface area contributed by atoms with Gasteiger partial charge in [0.05, 0.1) is 25.2 Å². The van der Waals surface area contributed by atoms with Crippen LogP contribution in [0.15, 0.2) is 71.2 Å². The lowest BCUT2D eigenvalue weighted by Crippen LogP contribution is -2.30. The molecule has 0 aliphatic rings. The summed E-state index contributed by atoms with van der Waals surface area (Å²) < 4.78 is 11.4. The molecule has 0 atom stereocenters. The Morgan fingerprint density at radius 1 is 1.00 bits per heavy atom. The standard InChI is InChI=1S/C25H26N2O5S/c1-16(2)26-23(22(33-25(26)30)18-9-7-6-8-10-18)27(19-13-11-17(3)12-14-19)20(24(29)32-5)15-21(28)31-4/h6-16H,1-5H3/b20-15+. The fourth-order valence-corrected chi connectivity index (χ4v) is 4.48. The van der Waals surface area contributed by atoms with E-state index in [0.717, 1.165) is 28.5 Å². The fraction of sp³-hybridized carbons (Fsp3) is 0.240. The second kappa shape index (κ2) is 10.3. The highest BCUT2D eigenvalue weighted by molar-refractivity contribution is 7.13. The van der Waals surface area contributed by atoms with Gasteiger partial charge < -0.3 is 9.47 Å². The smallest absolute Gasteiger partial charge is 0.355 e. The maximum atomic E-state index is 13.1. The minimum atomic E-state index is -0.742. The second-order valence-corrected chi connectivity index (χ2v) is 8.53. The number of carbonyl (C=O) groups is 2. The van der Waals surface area contributed by atoms with Gasteiger partial charge in [-0.15, -0.1) is 0 Å². The van der Waals surface area contributed by atoms with Crippen molar-refractivity contribution >= 4 is 34.8 Å². The van der Waals surface area contributed by atoms with Crippen molar-refractivity contribution in [3.8, 4) is 10.4 Å². The number of hydrogen-bond acceptors (Lipinski definition) is 7. The zero-order valence-corrected chi connectivity index (χ0v) is 20.0. The zero-order valence-electron chi connectivity index (χ0n) is 19.2. The lowest BCUT2D eigenvalue weighted by molar-refractivity contribution is -0.138. The van der Waals surface area contributed by atoms with Crippen LogP contribution < -0.4 is 9.77 Å². The molecule has 8 heteroatoms. The van der Waals surface area contributed by atoms with Gasteiger partial charge in [-0.2, -0.15) is 0 Å². The van der Waals surface area contributed by atoms with Crippen molar-refractivity contribution in [2.75, 3.05) is 19.1 Å². The first-order valence-electron chi connectivity index (χ1n) is 10.3. The molecular formula is C25H26N2O5S. The average Bonchev–Trinajstić information content (AvgIpc) is 3.16. The molecule has 3 rings (SSSR count). The Morgan fingerprint density at radius 3 is 2.18 bits per heavy atom. The van der Waals surface area contributed by atoms with Crippen molar-refractivity contribution in [2.24, 2.45) is 0 Å². The minimum Gasteiger partial charge on any atom is -0.466 e. The van der Waals surface area contributed by atoms with E-state index in [9.17, 15) is 14.4 Å². The molecule has 0 unspecified atom stereocenters. The molecule has 1 aromatic heterocycles. The Morgan fingerprint density at radius 2 is 1.64 bits per heavy atom. The molecule has 0 aliphatic heterocycles. The third-order valence-electron chi connectivity index (χ3n) is 4.96. The summed E-state index contributed by atoms with van der Waals surface area (Å²) in [5, 5.41) is 0. The summed E-state index contributed by atoms with van der Waals surface area (Å²) in [5.41, 5.74) is 2.35. The van der Waals surface area contributed by atoms with Crippen molar-refractivity contribution in [3.05, 3.63) is 81.6 Å². The van der Waals surface area contributed by atoms with E-state index in [4.69, 9.17) is 9.47 Å². The van der Waals surface area contributed by atoms with Gasteiger partial charge in [0, 0.05) is 11.7 Å². The van der Waals surface area contributed by atoms with Crippen LogP contribution in [0.2, 0.25) is 0 Å². The Labute approximate surface area is 196 Å². The summed E-state index contributed by atoms with van der Waals surface area (Å²) in [4.78, 5) is 40.4. The van der Waals surface area contributed by atoms with Gasteiger partial charge in [0.15, 0.2) is 0 Å². The van der Waals surface area contributed by atoms with E-state index in [2.05, 4.69) is 0 Å². The number of anilines is 2. The van der Waals surface area contributed by atoms with Crippen LogP contribution in [-0.2, 0) is 19.1 Å². The van der Waals surface area contributed by atoms with Crippen LogP contribution in [0.5, 0.6) is 0 Å². The summed E-state index contributed by atoms with van der Waals surface area (Å²) in [6, 6.07) is 16.7. The summed E-state index contributed by atoms with van der Waals surface area (Å²) in [6.07, 6.45) is 1.08. The SMILES string of the molecule is COC(=O)/C=C(\C(=O)OC)N(c1ccc(C)cc1)c1c(-c2ccccc2)sc(=O)n1C(C)C. The number of rotatable bonds is 7. The maximum Gasteiger partial charge on any atom is 0.355 e. The molecule has 0 radical (unpaired) electrons. The topological polar surface area (TPSA) is 77.8 Å². The molecule has 0 saturated carbocycles. The van der Waals surface area contributed by atoms with Gasteiger partial charge in [0.1, 0.15) is 11.5 Å². The van der Waals surface area contributed by atoms with Crippen LogP contribution in [0.4, 0.5) is 11.5 Å². The Bertz CT molecular complexity index is 1220. The largest absolute Gasteiger partial charge is 0.466 e. The molecule has 0 amide bonds. The summed E-state index contributed by atoms with van der Waals surface area (Å²) in [6.45, 7) is 5.73. The molecule has 0 aliphatic carbocycles. The molecule has 0 fully saturated rings. The highest BCUT2D eigenvalue weighted by atomic mass is 32.1. The van der Waals surface area contributed by atoms with Gasteiger partial charge in [-0.3, -0.25) is 14.3 Å². The van der Waals surface area contributed by atoms with E-state index < -0.39 is 11.9 Å². The predicted molar refractivity (Wildman–Crippen MR) is 130 cm³/mol. The molecule has 0 N–H and O–H groups in total. The number of aromatic nitrogens is 1. The third-order valence-corrected chi connectivity index (χ3v) is 5.96. The van der Waals surface area contributed by atoms with Crippen LogP contribution in [0.3, 0.4) is 0 Å². The normalized spacial score (nSPS) is 11.4. The van der Waals surface area contributed by atoms with E-state index >= 15 is 0 Å². The highest BCUT2D eigenvalue weighted by Gasteiger charge is 2.31. The summed E-state index contributed by atoms with van der Waals surface area (Å²) >= 11 is 1.08. The van der Waals surface area contributed by atoms with Crippen molar-refractivity contribution in [2.45, 2.75) is 26.8 Å².